The van der Waals surface area contributed by atoms with Gasteiger partial charge in [0.15, 0.2) is 25.7 Å². The standard InChI is InChI=1S/C9H25O2Si3/c1-10-13(4,5)8-9-14(6,7)11-12(2)3/h8-9H2,1-7H3. The van der Waals surface area contributed by atoms with E-state index < -0.39 is 25.7 Å². The Bertz CT molecular complexity index is 169. The topological polar surface area (TPSA) is 18.5 Å². The van der Waals surface area contributed by atoms with Gasteiger partial charge in [-0.3, -0.25) is 0 Å². The average molecular weight is 250 g/mol. The molecule has 0 heterocycles. The molecule has 0 aromatic heterocycles. The first-order valence-electron chi connectivity index (χ1n) is 5.23. The first-order valence-corrected chi connectivity index (χ1v) is 13.9. The van der Waals surface area contributed by atoms with Crippen LogP contribution in [0.3, 0.4) is 0 Å². The zero-order chi connectivity index (χ0) is 11.4. The summed E-state index contributed by atoms with van der Waals surface area (Å²) >= 11 is 0. The van der Waals surface area contributed by atoms with Gasteiger partial charge >= 0.3 is 0 Å². The first kappa shape index (κ1) is 14.6. The minimum atomic E-state index is -1.39. The molecule has 14 heavy (non-hydrogen) atoms. The predicted octanol–water partition coefficient (Wildman–Crippen LogP) is 3.31. The van der Waals surface area contributed by atoms with Gasteiger partial charge in [0.25, 0.3) is 0 Å². The number of hydrogen-bond acceptors (Lipinski definition) is 2. The zero-order valence-corrected chi connectivity index (χ0v) is 13.7. The highest BCUT2D eigenvalue weighted by molar-refractivity contribution is 6.80. The molecule has 0 aromatic carbocycles. The Morgan fingerprint density at radius 2 is 1.36 bits per heavy atom. The lowest BCUT2D eigenvalue weighted by Gasteiger charge is -2.29. The Labute approximate surface area is 93.0 Å². The summed E-state index contributed by atoms with van der Waals surface area (Å²) in [6, 6.07) is 2.48. The van der Waals surface area contributed by atoms with Crippen molar-refractivity contribution in [3.63, 3.8) is 0 Å². The summed E-state index contributed by atoms with van der Waals surface area (Å²) in [4.78, 5) is 0. The Morgan fingerprint density at radius 1 is 0.929 bits per heavy atom. The van der Waals surface area contributed by atoms with Crippen LogP contribution < -0.4 is 0 Å². The van der Waals surface area contributed by atoms with Crippen LogP contribution >= 0.6 is 0 Å². The molecule has 0 atom stereocenters. The fraction of sp³-hybridized carbons (Fsp3) is 1.00. The molecule has 85 valence electrons. The second-order valence-electron chi connectivity index (χ2n) is 5.23. The zero-order valence-electron chi connectivity index (χ0n) is 10.7. The summed E-state index contributed by atoms with van der Waals surface area (Å²) in [5.41, 5.74) is 0. The van der Waals surface area contributed by atoms with E-state index in [1.807, 2.05) is 7.11 Å². The van der Waals surface area contributed by atoms with Crippen molar-refractivity contribution < 1.29 is 8.54 Å². The van der Waals surface area contributed by atoms with Crippen LogP contribution in [0.25, 0.3) is 0 Å². The van der Waals surface area contributed by atoms with Gasteiger partial charge in [-0.2, -0.15) is 0 Å². The van der Waals surface area contributed by atoms with E-state index in [9.17, 15) is 0 Å². The third kappa shape index (κ3) is 6.94. The fourth-order valence-electron chi connectivity index (χ4n) is 1.31. The van der Waals surface area contributed by atoms with Gasteiger partial charge in [-0.15, -0.1) is 0 Å². The maximum absolute atomic E-state index is 6.08. The van der Waals surface area contributed by atoms with Crippen LogP contribution in [0.15, 0.2) is 0 Å². The quantitative estimate of drug-likeness (QED) is 0.673. The Kier molecular flexibility index (Phi) is 5.83. The summed E-state index contributed by atoms with van der Waals surface area (Å²) in [5.74, 6) is 0. The molecule has 0 fully saturated rings. The van der Waals surface area contributed by atoms with Crippen LogP contribution in [-0.4, -0.2) is 32.8 Å². The van der Waals surface area contributed by atoms with E-state index in [0.717, 1.165) is 0 Å². The van der Waals surface area contributed by atoms with Crippen molar-refractivity contribution >= 4 is 25.7 Å². The molecule has 0 rings (SSSR count). The highest BCUT2D eigenvalue weighted by Crippen LogP contribution is 2.21. The van der Waals surface area contributed by atoms with E-state index in [0.29, 0.717) is 0 Å². The second-order valence-corrected chi connectivity index (χ2v) is 16.3. The summed E-state index contributed by atoms with van der Waals surface area (Å²) in [7, 11) is -1.45. The molecule has 0 saturated heterocycles. The fourth-order valence-corrected chi connectivity index (χ4v) is 11.2. The monoisotopic (exact) mass is 249 g/mol. The van der Waals surface area contributed by atoms with Crippen molar-refractivity contribution in [3.05, 3.63) is 0 Å². The van der Waals surface area contributed by atoms with Crippen LogP contribution in [-0.2, 0) is 8.54 Å². The molecular formula is C9H25O2Si3. The summed E-state index contributed by atoms with van der Waals surface area (Å²) in [6.45, 7) is 13.6. The molecule has 0 aromatic rings. The SMILES string of the molecule is CO[Si](C)(C)CC[Si](C)(C)O[Si](C)C. The van der Waals surface area contributed by atoms with Gasteiger partial charge in [-0.25, -0.2) is 0 Å². The Morgan fingerprint density at radius 3 is 1.71 bits per heavy atom. The molecule has 2 nitrogen and oxygen atoms in total. The van der Waals surface area contributed by atoms with Crippen molar-refractivity contribution in [2.45, 2.75) is 51.4 Å². The summed E-state index contributed by atoms with van der Waals surface area (Å²) < 4.78 is 11.6. The van der Waals surface area contributed by atoms with E-state index in [1.165, 1.54) is 12.1 Å². The third-order valence-electron chi connectivity index (χ3n) is 2.36. The smallest absolute Gasteiger partial charge is 0.191 e. The van der Waals surface area contributed by atoms with Crippen molar-refractivity contribution in [2.75, 3.05) is 7.11 Å². The van der Waals surface area contributed by atoms with Gasteiger partial charge in [0.1, 0.15) is 0 Å². The summed E-state index contributed by atoms with van der Waals surface area (Å²) in [5, 5.41) is 0. The largest absolute Gasteiger partial charge is 0.456 e. The molecule has 0 saturated carbocycles. The molecule has 0 spiro atoms. The maximum atomic E-state index is 6.08. The Balaban J connectivity index is 3.98. The van der Waals surface area contributed by atoms with Gasteiger partial charge in [0, 0.05) is 7.11 Å². The predicted molar refractivity (Wildman–Crippen MR) is 70.2 cm³/mol. The molecule has 0 aliphatic heterocycles. The van der Waals surface area contributed by atoms with Crippen molar-refractivity contribution in [3.8, 4) is 0 Å². The molecule has 0 aliphatic rings. The normalized spacial score (nSPS) is 13.7. The van der Waals surface area contributed by atoms with Crippen LogP contribution in [0.4, 0.5) is 0 Å². The van der Waals surface area contributed by atoms with Crippen LogP contribution in [0, 0.1) is 0 Å². The molecule has 0 N–H and O–H groups in total. The van der Waals surface area contributed by atoms with E-state index in [4.69, 9.17) is 8.54 Å². The van der Waals surface area contributed by atoms with Gasteiger partial charge in [0.05, 0.1) is 0 Å². The lowest BCUT2D eigenvalue weighted by atomic mass is 10.9. The molecule has 0 unspecified atom stereocenters. The molecule has 0 aliphatic carbocycles. The van der Waals surface area contributed by atoms with Gasteiger partial charge in [-0.05, 0) is 51.4 Å². The third-order valence-corrected chi connectivity index (χ3v) is 10.7. The second kappa shape index (κ2) is 5.60. The molecule has 5 heteroatoms. The van der Waals surface area contributed by atoms with Gasteiger partial charge in [0.2, 0.25) is 0 Å². The van der Waals surface area contributed by atoms with E-state index >= 15 is 0 Å². The number of hydrogen-bond donors (Lipinski definition) is 0. The minimum Gasteiger partial charge on any atom is -0.456 e. The molecule has 0 bridgehead atoms. The van der Waals surface area contributed by atoms with E-state index in [2.05, 4.69) is 39.3 Å². The number of rotatable bonds is 6. The first-order chi connectivity index (χ1) is 6.18. The van der Waals surface area contributed by atoms with Crippen LogP contribution in [0.2, 0.25) is 51.4 Å². The maximum Gasteiger partial charge on any atom is 0.191 e. The lowest BCUT2D eigenvalue weighted by molar-refractivity contribution is 0.404. The molecular weight excluding hydrogens is 224 g/mol. The lowest BCUT2D eigenvalue weighted by Crippen LogP contribution is -2.38. The average Bonchev–Trinajstić information content (AvgIpc) is 1.99. The van der Waals surface area contributed by atoms with Gasteiger partial charge < -0.3 is 8.54 Å². The van der Waals surface area contributed by atoms with Crippen molar-refractivity contribution in [1.29, 1.82) is 0 Å². The minimum absolute atomic E-state index is 0.529. The van der Waals surface area contributed by atoms with Crippen LogP contribution in [0.1, 0.15) is 0 Å². The van der Waals surface area contributed by atoms with Crippen LogP contribution in [0.5, 0.6) is 0 Å². The molecule has 0 amide bonds. The van der Waals surface area contributed by atoms with Crippen molar-refractivity contribution in [2.24, 2.45) is 0 Å². The Hall–Kier alpha value is 0.571. The highest BCUT2D eigenvalue weighted by Gasteiger charge is 2.29. The van der Waals surface area contributed by atoms with Gasteiger partial charge in [-0.1, -0.05) is 0 Å². The van der Waals surface area contributed by atoms with Crippen molar-refractivity contribution in [1.82, 2.24) is 0 Å². The summed E-state index contributed by atoms with van der Waals surface area (Å²) in [6.07, 6.45) is 0. The van der Waals surface area contributed by atoms with E-state index in [-0.39, 0.29) is 0 Å². The molecule has 1 radical (unpaired) electrons. The highest BCUT2D eigenvalue weighted by atomic mass is 28.4. The van der Waals surface area contributed by atoms with E-state index in [1.54, 1.807) is 0 Å².